The predicted octanol–water partition coefficient (Wildman–Crippen LogP) is 2.81. The highest BCUT2D eigenvalue weighted by Crippen LogP contribution is 2.05. The van der Waals surface area contributed by atoms with E-state index in [4.69, 9.17) is 0 Å². The molecule has 0 saturated heterocycles. The minimum atomic E-state index is 0.756. The molecule has 0 aromatic heterocycles. The van der Waals surface area contributed by atoms with Crippen LogP contribution in [0.1, 0.15) is 26.7 Å². The molecular weight excluding hydrogens is 96.1 g/mol. The van der Waals surface area contributed by atoms with Crippen molar-refractivity contribution in [3.8, 4) is 0 Å². The molecule has 0 fully saturated rings. The predicted molar refractivity (Wildman–Crippen MR) is 38.6 cm³/mol. The first-order valence-electron chi connectivity index (χ1n) is 3.21. The largest absolute Gasteiger partial charge is 0.0917 e. The molecule has 0 spiro atoms. The first kappa shape index (κ1) is 7.74. The van der Waals surface area contributed by atoms with Gasteiger partial charge in [-0.1, -0.05) is 32.4 Å². The van der Waals surface area contributed by atoms with Crippen LogP contribution in [0.3, 0.4) is 0 Å². The topological polar surface area (TPSA) is 0 Å². The number of allylic oxidation sites excluding steroid dienone is 2. The summed E-state index contributed by atoms with van der Waals surface area (Å²) in [6, 6.07) is 0. The lowest BCUT2D eigenvalue weighted by Crippen LogP contribution is -1.87. The van der Waals surface area contributed by atoms with Crippen molar-refractivity contribution in [2.45, 2.75) is 26.7 Å². The van der Waals surface area contributed by atoms with Crippen molar-refractivity contribution < 1.29 is 0 Å². The van der Waals surface area contributed by atoms with E-state index >= 15 is 0 Å². The Morgan fingerprint density at radius 1 is 1.62 bits per heavy atom. The highest BCUT2D eigenvalue weighted by atomic mass is 14.0. The summed E-state index contributed by atoms with van der Waals surface area (Å²) in [6.45, 7) is 8.07. The second-order valence-corrected chi connectivity index (χ2v) is 2.20. The molecule has 8 heavy (non-hydrogen) atoms. The zero-order chi connectivity index (χ0) is 6.41. The van der Waals surface area contributed by atoms with Crippen molar-refractivity contribution in [1.82, 2.24) is 0 Å². The lowest BCUT2D eigenvalue weighted by molar-refractivity contribution is 0.601. The van der Waals surface area contributed by atoms with Crippen molar-refractivity contribution in [3.63, 3.8) is 0 Å². The second kappa shape index (κ2) is 4.89. The molecule has 0 heterocycles. The third kappa shape index (κ3) is 3.91. The normalized spacial score (nSPS) is 14.9. The molecule has 47 valence electrons. The first-order valence-corrected chi connectivity index (χ1v) is 3.21. The average Bonchev–Trinajstić information content (AvgIpc) is 1.83. The average molecular weight is 111 g/mol. The van der Waals surface area contributed by atoms with Crippen LogP contribution < -0.4 is 0 Å². The highest BCUT2D eigenvalue weighted by Gasteiger charge is 1.91. The second-order valence-electron chi connectivity index (χ2n) is 2.20. The summed E-state index contributed by atoms with van der Waals surface area (Å²) >= 11 is 0. The Balaban J connectivity index is 3.10. The van der Waals surface area contributed by atoms with E-state index in [9.17, 15) is 0 Å². The van der Waals surface area contributed by atoms with Gasteiger partial charge in [-0.2, -0.15) is 0 Å². The lowest BCUT2D eigenvalue weighted by atomic mass is 10.1. The van der Waals surface area contributed by atoms with Gasteiger partial charge in [0.05, 0.1) is 0 Å². The quantitative estimate of drug-likeness (QED) is 0.491. The van der Waals surface area contributed by atoms with Crippen molar-refractivity contribution >= 4 is 0 Å². The molecule has 1 radical (unpaired) electrons. The molecule has 0 amide bonds. The van der Waals surface area contributed by atoms with Gasteiger partial charge in [0.2, 0.25) is 0 Å². The minimum absolute atomic E-state index is 0.756. The maximum absolute atomic E-state index is 3.80. The summed E-state index contributed by atoms with van der Waals surface area (Å²) in [6.07, 6.45) is 6.51. The first-order chi connectivity index (χ1) is 3.81. The van der Waals surface area contributed by atoms with Crippen LogP contribution in [0.5, 0.6) is 0 Å². The Hall–Kier alpha value is -0.260. The Morgan fingerprint density at radius 3 is 2.62 bits per heavy atom. The summed E-state index contributed by atoms with van der Waals surface area (Å²) in [5, 5.41) is 0. The molecule has 0 saturated carbocycles. The maximum Gasteiger partial charge on any atom is -0.0325 e. The molecule has 0 rings (SSSR count). The molecule has 0 aliphatic heterocycles. The zero-order valence-corrected chi connectivity index (χ0v) is 5.85. The summed E-state index contributed by atoms with van der Waals surface area (Å²) < 4.78 is 0. The van der Waals surface area contributed by atoms with E-state index in [0.717, 1.165) is 12.3 Å². The monoisotopic (exact) mass is 111 g/mol. The van der Waals surface area contributed by atoms with Crippen LogP contribution in [-0.4, -0.2) is 0 Å². The van der Waals surface area contributed by atoms with Crippen LogP contribution in [0, 0.1) is 12.8 Å². The Bertz CT molecular complexity index is 62.4. The van der Waals surface area contributed by atoms with Crippen molar-refractivity contribution in [2.75, 3.05) is 0 Å². The highest BCUT2D eigenvalue weighted by molar-refractivity contribution is 4.78. The molecule has 0 aliphatic rings. The molecule has 0 aromatic carbocycles. The summed E-state index contributed by atoms with van der Waals surface area (Å²) in [5.74, 6) is 0.756. The zero-order valence-electron chi connectivity index (χ0n) is 5.85. The summed E-state index contributed by atoms with van der Waals surface area (Å²) in [4.78, 5) is 0. The lowest BCUT2D eigenvalue weighted by Gasteiger charge is -2.00. The third-order valence-electron chi connectivity index (χ3n) is 1.27. The van der Waals surface area contributed by atoms with Crippen LogP contribution in [-0.2, 0) is 0 Å². The van der Waals surface area contributed by atoms with Gasteiger partial charge in [-0.15, -0.1) is 0 Å². The van der Waals surface area contributed by atoms with E-state index in [1.54, 1.807) is 0 Å². The van der Waals surface area contributed by atoms with Crippen molar-refractivity contribution in [1.29, 1.82) is 0 Å². The van der Waals surface area contributed by atoms with Crippen LogP contribution in [0.25, 0.3) is 0 Å². The van der Waals surface area contributed by atoms with Gasteiger partial charge in [0.1, 0.15) is 0 Å². The summed E-state index contributed by atoms with van der Waals surface area (Å²) in [5.41, 5.74) is 0. The molecule has 0 N–H and O–H groups in total. The molecule has 0 aliphatic carbocycles. The fraction of sp³-hybridized carbons (Fsp3) is 0.625. The summed E-state index contributed by atoms with van der Waals surface area (Å²) in [7, 11) is 0. The van der Waals surface area contributed by atoms with Crippen molar-refractivity contribution in [2.24, 2.45) is 5.92 Å². The minimum Gasteiger partial charge on any atom is -0.0917 e. The van der Waals surface area contributed by atoms with Gasteiger partial charge in [0.25, 0.3) is 0 Å². The molecular formula is C8H15. The molecule has 0 aromatic rings. The third-order valence-corrected chi connectivity index (χ3v) is 1.27. The van der Waals surface area contributed by atoms with Crippen LogP contribution >= 0.6 is 0 Å². The molecule has 0 heteroatoms. The van der Waals surface area contributed by atoms with E-state index in [1.165, 1.54) is 6.42 Å². The van der Waals surface area contributed by atoms with Crippen LogP contribution in [0.15, 0.2) is 12.2 Å². The van der Waals surface area contributed by atoms with Gasteiger partial charge in [-0.3, -0.25) is 0 Å². The number of rotatable bonds is 3. The molecule has 0 bridgehead atoms. The molecule has 1 atom stereocenters. The van der Waals surface area contributed by atoms with Gasteiger partial charge in [0, 0.05) is 0 Å². The van der Waals surface area contributed by atoms with Gasteiger partial charge in [0.15, 0.2) is 0 Å². The fourth-order valence-electron chi connectivity index (χ4n) is 0.486. The molecule has 0 nitrogen and oxygen atoms in total. The SMILES string of the molecule is [CH2]CC(C)CC=CC. The number of hydrogen-bond donors (Lipinski definition) is 0. The fourth-order valence-corrected chi connectivity index (χ4v) is 0.486. The van der Waals surface area contributed by atoms with Gasteiger partial charge >= 0.3 is 0 Å². The Morgan fingerprint density at radius 2 is 2.25 bits per heavy atom. The standard InChI is InChI=1S/C8H15/c1-4-6-7-8(3)5-2/h4,6,8H,2,5,7H2,1,3H3. The van der Waals surface area contributed by atoms with E-state index in [1.807, 2.05) is 0 Å². The van der Waals surface area contributed by atoms with Crippen molar-refractivity contribution in [3.05, 3.63) is 19.1 Å². The number of hydrogen-bond acceptors (Lipinski definition) is 0. The van der Waals surface area contributed by atoms with E-state index in [2.05, 4.69) is 32.9 Å². The van der Waals surface area contributed by atoms with Crippen LogP contribution in [0.4, 0.5) is 0 Å². The Labute approximate surface area is 52.6 Å². The Kier molecular flexibility index (Phi) is 4.73. The van der Waals surface area contributed by atoms with Gasteiger partial charge in [-0.25, -0.2) is 0 Å². The van der Waals surface area contributed by atoms with Gasteiger partial charge < -0.3 is 0 Å². The van der Waals surface area contributed by atoms with E-state index in [0.29, 0.717) is 0 Å². The maximum atomic E-state index is 3.80. The molecule has 1 unspecified atom stereocenters. The smallest absolute Gasteiger partial charge is 0.0325 e. The van der Waals surface area contributed by atoms with Crippen LogP contribution in [0.2, 0.25) is 0 Å². The van der Waals surface area contributed by atoms with E-state index < -0.39 is 0 Å². The van der Waals surface area contributed by atoms with Gasteiger partial charge in [-0.05, 0) is 19.3 Å². The van der Waals surface area contributed by atoms with E-state index in [-0.39, 0.29) is 0 Å².